The molecule has 32 heavy (non-hydrogen) atoms. The molecule has 0 bridgehead atoms. The molecular formula is C28H28N2O2. The van der Waals surface area contributed by atoms with Crippen molar-refractivity contribution in [3.8, 4) is 0 Å². The molecule has 3 aromatic rings. The molecule has 3 aromatic carbocycles. The first-order valence-electron chi connectivity index (χ1n) is 10.9. The summed E-state index contributed by atoms with van der Waals surface area (Å²) in [6.45, 7) is 10.3. The third kappa shape index (κ3) is 4.09. The molecule has 4 rings (SSSR count). The minimum atomic E-state index is -0.345. The van der Waals surface area contributed by atoms with Gasteiger partial charge in [-0.15, -0.1) is 0 Å². The van der Waals surface area contributed by atoms with E-state index in [-0.39, 0.29) is 11.8 Å². The van der Waals surface area contributed by atoms with Crippen LogP contribution in [-0.2, 0) is 9.59 Å². The minimum absolute atomic E-state index is 0.303. The van der Waals surface area contributed by atoms with Gasteiger partial charge in [-0.2, -0.15) is 0 Å². The number of carbonyl (C=O) groups is 2. The highest BCUT2D eigenvalue weighted by Gasteiger charge is 2.40. The van der Waals surface area contributed by atoms with E-state index in [2.05, 4.69) is 25.2 Å². The van der Waals surface area contributed by atoms with Crippen LogP contribution in [0.4, 0.5) is 11.4 Å². The van der Waals surface area contributed by atoms with E-state index in [1.165, 1.54) is 4.90 Å². The summed E-state index contributed by atoms with van der Waals surface area (Å²) in [6, 6.07) is 21.4. The maximum atomic E-state index is 13.6. The molecule has 1 heterocycles. The Morgan fingerprint density at radius 3 is 1.88 bits per heavy atom. The molecule has 0 atom stereocenters. The van der Waals surface area contributed by atoms with Crippen molar-refractivity contribution in [1.29, 1.82) is 0 Å². The number of nitrogens with zero attached hydrogens (tertiary/aromatic N) is 1. The second-order valence-electron chi connectivity index (χ2n) is 8.81. The van der Waals surface area contributed by atoms with Crippen molar-refractivity contribution in [3.63, 3.8) is 0 Å². The van der Waals surface area contributed by atoms with Gasteiger partial charge in [0, 0.05) is 5.69 Å². The van der Waals surface area contributed by atoms with Gasteiger partial charge in [-0.1, -0.05) is 61.9 Å². The number of hydrogen-bond acceptors (Lipinski definition) is 3. The van der Waals surface area contributed by atoms with Crippen molar-refractivity contribution in [1.82, 2.24) is 0 Å². The highest BCUT2D eigenvalue weighted by molar-refractivity contribution is 6.46. The van der Waals surface area contributed by atoms with E-state index in [0.717, 1.165) is 33.5 Å². The van der Waals surface area contributed by atoms with E-state index in [1.54, 1.807) is 0 Å². The lowest BCUT2D eigenvalue weighted by atomic mass is 10.0. The molecule has 1 N–H and O–H groups in total. The zero-order valence-corrected chi connectivity index (χ0v) is 19.2. The van der Waals surface area contributed by atoms with Gasteiger partial charge in [0.25, 0.3) is 11.8 Å². The van der Waals surface area contributed by atoms with E-state index in [0.29, 0.717) is 22.9 Å². The third-order valence-corrected chi connectivity index (χ3v) is 5.73. The molecule has 0 saturated carbocycles. The minimum Gasteiger partial charge on any atom is -0.350 e. The third-order valence-electron chi connectivity index (χ3n) is 5.73. The number of amides is 2. The van der Waals surface area contributed by atoms with Gasteiger partial charge in [0.15, 0.2) is 0 Å². The fourth-order valence-electron chi connectivity index (χ4n) is 4.07. The Morgan fingerprint density at radius 1 is 0.719 bits per heavy atom. The monoisotopic (exact) mass is 424 g/mol. The molecule has 1 aliphatic heterocycles. The van der Waals surface area contributed by atoms with Crippen LogP contribution in [-0.4, -0.2) is 11.8 Å². The predicted octanol–water partition coefficient (Wildman–Crippen LogP) is 6.13. The number of hydrogen-bond donors (Lipinski definition) is 1. The summed E-state index contributed by atoms with van der Waals surface area (Å²) in [5, 5.41) is 3.26. The van der Waals surface area contributed by atoms with Crippen molar-refractivity contribution >= 4 is 28.8 Å². The van der Waals surface area contributed by atoms with Crippen LogP contribution in [0, 0.1) is 20.8 Å². The molecule has 0 unspecified atom stereocenters. The number of imide groups is 1. The molecule has 1 aliphatic rings. The predicted molar refractivity (Wildman–Crippen MR) is 131 cm³/mol. The Morgan fingerprint density at radius 2 is 1.31 bits per heavy atom. The summed E-state index contributed by atoms with van der Waals surface area (Å²) in [5.41, 5.74) is 7.21. The van der Waals surface area contributed by atoms with Gasteiger partial charge in [-0.3, -0.25) is 9.59 Å². The fraction of sp³-hybridized carbons (Fsp3) is 0.214. The van der Waals surface area contributed by atoms with Crippen LogP contribution in [0.25, 0.3) is 5.57 Å². The van der Waals surface area contributed by atoms with Gasteiger partial charge in [0.2, 0.25) is 0 Å². The quantitative estimate of drug-likeness (QED) is 0.501. The van der Waals surface area contributed by atoms with Crippen molar-refractivity contribution < 1.29 is 9.59 Å². The number of anilines is 2. The van der Waals surface area contributed by atoms with Crippen LogP contribution in [0.5, 0.6) is 0 Å². The van der Waals surface area contributed by atoms with Gasteiger partial charge in [-0.25, -0.2) is 4.90 Å². The number of benzene rings is 3. The van der Waals surface area contributed by atoms with Crippen LogP contribution in [0.1, 0.15) is 47.6 Å². The van der Waals surface area contributed by atoms with E-state index in [9.17, 15) is 9.59 Å². The molecule has 0 radical (unpaired) electrons. The summed E-state index contributed by atoms with van der Waals surface area (Å²) in [7, 11) is 0. The summed E-state index contributed by atoms with van der Waals surface area (Å²) >= 11 is 0. The highest BCUT2D eigenvalue weighted by atomic mass is 16.2. The van der Waals surface area contributed by atoms with Crippen molar-refractivity contribution in [2.45, 2.75) is 40.5 Å². The van der Waals surface area contributed by atoms with Crippen molar-refractivity contribution in [2.75, 3.05) is 10.2 Å². The Labute approximate surface area is 189 Å². The lowest BCUT2D eigenvalue weighted by molar-refractivity contribution is -0.120. The van der Waals surface area contributed by atoms with Crippen LogP contribution >= 0.6 is 0 Å². The average molecular weight is 425 g/mol. The first-order valence-corrected chi connectivity index (χ1v) is 10.9. The number of aryl methyl sites for hydroxylation is 3. The van der Waals surface area contributed by atoms with Crippen LogP contribution in [0.15, 0.2) is 72.4 Å². The molecule has 0 saturated heterocycles. The molecule has 0 aromatic heterocycles. The number of rotatable bonds is 5. The smallest absolute Gasteiger partial charge is 0.282 e. The lowest BCUT2D eigenvalue weighted by Gasteiger charge is -2.17. The lowest BCUT2D eigenvalue weighted by Crippen LogP contribution is -2.32. The SMILES string of the molecule is Cc1ccc(C2=C(Nc3cc(C)cc(C)c3)C(=O)N(c3ccc(C(C)C)cc3)C2=O)cc1. The second-order valence-corrected chi connectivity index (χ2v) is 8.81. The van der Waals surface area contributed by atoms with Crippen LogP contribution < -0.4 is 10.2 Å². The van der Waals surface area contributed by atoms with Crippen molar-refractivity contribution in [3.05, 3.63) is 100 Å². The molecule has 0 aliphatic carbocycles. The molecule has 162 valence electrons. The molecular weight excluding hydrogens is 396 g/mol. The summed E-state index contributed by atoms with van der Waals surface area (Å²) in [6.07, 6.45) is 0. The zero-order valence-electron chi connectivity index (χ0n) is 19.2. The number of nitrogens with one attached hydrogen (secondary N) is 1. The van der Waals surface area contributed by atoms with Gasteiger partial charge in [0.1, 0.15) is 5.70 Å². The Kier molecular flexibility index (Phi) is 5.70. The molecule has 4 heteroatoms. The summed E-state index contributed by atoms with van der Waals surface area (Å²) in [4.78, 5) is 28.4. The Balaban J connectivity index is 1.80. The van der Waals surface area contributed by atoms with Gasteiger partial charge < -0.3 is 5.32 Å². The largest absolute Gasteiger partial charge is 0.350 e. The molecule has 0 fully saturated rings. The van der Waals surface area contributed by atoms with E-state index >= 15 is 0 Å². The first kappa shape index (κ1) is 21.6. The van der Waals surface area contributed by atoms with Gasteiger partial charge >= 0.3 is 0 Å². The summed E-state index contributed by atoms with van der Waals surface area (Å²) in [5.74, 6) is -0.290. The van der Waals surface area contributed by atoms with Crippen LogP contribution in [0.3, 0.4) is 0 Å². The molecule has 2 amide bonds. The van der Waals surface area contributed by atoms with Crippen LogP contribution in [0.2, 0.25) is 0 Å². The molecule has 0 spiro atoms. The fourth-order valence-corrected chi connectivity index (χ4v) is 4.07. The van der Waals surface area contributed by atoms with Crippen molar-refractivity contribution in [2.24, 2.45) is 0 Å². The van der Waals surface area contributed by atoms with E-state index in [1.807, 2.05) is 81.4 Å². The normalized spacial score (nSPS) is 14.0. The molecule has 4 nitrogen and oxygen atoms in total. The Hall–Kier alpha value is -3.66. The zero-order chi connectivity index (χ0) is 23.0. The summed E-state index contributed by atoms with van der Waals surface area (Å²) < 4.78 is 0. The Bertz CT molecular complexity index is 1200. The second kappa shape index (κ2) is 8.46. The maximum absolute atomic E-state index is 13.6. The van der Waals surface area contributed by atoms with E-state index in [4.69, 9.17) is 0 Å². The number of carbonyl (C=O) groups excluding carboxylic acids is 2. The van der Waals surface area contributed by atoms with Gasteiger partial charge in [0.05, 0.1) is 11.3 Å². The van der Waals surface area contributed by atoms with E-state index < -0.39 is 0 Å². The average Bonchev–Trinajstić information content (AvgIpc) is 2.97. The maximum Gasteiger partial charge on any atom is 0.282 e. The standard InChI is InChI=1S/C28H28N2O2/c1-17(2)21-10-12-24(13-11-21)30-27(31)25(22-8-6-18(3)7-9-22)26(28(30)32)29-23-15-19(4)14-20(5)16-23/h6-17,29H,1-5H3. The highest BCUT2D eigenvalue weighted by Crippen LogP contribution is 2.34. The van der Waals surface area contributed by atoms with Gasteiger partial charge in [-0.05, 0) is 73.2 Å². The topological polar surface area (TPSA) is 49.4 Å². The first-order chi connectivity index (χ1) is 15.2.